The molecule has 5 heteroatoms. The highest BCUT2D eigenvalue weighted by Gasteiger charge is 2.01. The Bertz CT molecular complexity index is 472. The molecule has 0 unspecified atom stereocenters. The molecule has 2 aromatic rings. The molecule has 0 radical (unpaired) electrons. The first-order valence-electron chi connectivity index (χ1n) is 6.22. The van der Waals surface area contributed by atoms with E-state index in [0.29, 0.717) is 6.61 Å². The van der Waals surface area contributed by atoms with E-state index < -0.39 is 0 Å². The molecule has 1 heterocycles. The number of H-pyrrole nitrogens is 1. The van der Waals surface area contributed by atoms with E-state index in [1.54, 1.807) is 0 Å². The zero-order chi connectivity index (χ0) is 12.6. The van der Waals surface area contributed by atoms with Crippen molar-refractivity contribution in [3.05, 3.63) is 30.0 Å². The Morgan fingerprint density at radius 2 is 2.28 bits per heavy atom. The third-order valence-electron chi connectivity index (χ3n) is 2.75. The van der Waals surface area contributed by atoms with Gasteiger partial charge in [0.05, 0.1) is 11.7 Å². The minimum Gasteiger partial charge on any atom is -0.396 e. The van der Waals surface area contributed by atoms with Gasteiger partial charge in [0.15, 0.2) is 0 Å². The standard InChI is InChI=1S/C13H19N3OS/c17-6-2-7-18-8-5-14-9-11-3-1-4-12-10-15-16-13(11)12/h1,3-4,10,14,17H,2,5-9H2,(H,15,16). The number of hydrogen-bond acceptors (Lipinski definition) is 4. The number of nitrogens with one attached hydrogen (secondary N) is 2. The highest BCUT2D eigenvalue weighted by Crippen LogP contribution is 2.15. The van der Waals surface area contributed by atoms with Crippen LogP contribution < -0.4 is 5.32 Å². The summed E-state index contributed by atoms with van der Waals surface area (Å²) in [5.41, 5.74) is 2.38. The summed E-state index contributed by atoms with van der Waals surface area (Å²) in [6.07, 6.45) is 2.74. The van der Waals surface area contributed by atoms with Gasteiger partial charge in [0, 0.05) is 30.8 Å². The maximum Gasteiger partial charge on any atom is 0.0695 e. The van der Waals surface area contributed by atoms with Gasteiger partial charge in [0.2, 0.25) is 0 Å². The zero-order valence-electron chi connectivity index (χ0n) is 10.4. The number of hydrogen-bond donors (Lipinski definition) is 3. The lowest BCUT2D eigenvalue weighted by atomic mass is 10.1. The van der Waals surface area contributed by atoms with Crippen molar-refractivity contribution in [3.8, 4) is 0 Å². The van der Waals surface area contributed by atoms with Crippen molar-refractivity contribution in [1.29, 1.82) is 0 Å². The minimum atomic E-state index is 0.294. The highest BCUT2D eigenvalue weighted by molar-refractivity contribution is 7.99. The number of aliphatic hydroxyl groups is 1. The van der Waals surface area contributed by atoms with Gasteiger partial charge in [-0.15, -0.1) is 0 Å². The average Bonchev–Trinajstić information content (AvgIpc) is 2.86. The predicted octanol–water partition coefficient (Wildman–Crippen LogP) is 1.77. The smallest absolute Gasteiger partial charge is 0.0695 e. The van der Waals surface area contributed by atoms with E-state index in [-0.39, 0.29) is 0 Å². The number of nitrogens with zero attached hydrogens (tertiary/aromatic N) is 1. The molecule has 4 nitrogen and oxygen atoms in total. The summed E-state index contributed by atoms with van der Waals surface area (Å²) in [7, 11) is 0. The van der Waals surface area contributed by atoms with Gasteiger partial charge in [-0.3, -0.25) is 5.10 Å². The molecule has 1 aromatic heterocycles. The summed E-state index contributed by atoms with van der Waals surface area (Å²) in [5.74, 6) is 2.12. The molecule has 0 saturated heterocycles. The van der Waals surface area contributed by atoms with Gasteiger partial charge in [-0.2, -0.15) is 16.9 Å². The van der Waals surface area contributed by atoms with Crippen molar-refractivity contribution in [2.24, 2.45) is 0 Å². The second-order valence-electron chi connectivity index (χ2n) is 4.12. The lowest BCUT2D eigenvalue weighted by Crippen LogP contribution is -2.17. The summed E-state index contributed by atoms with van der Waals surface area (Å²) in [4.78, 5) is 0. The van der Waals surface area contributed by atoms with E-state index in [1.165, 1.54) is 5.56 Å². The molecule has 2 rings (SSSR count). The Hall–Kier alpha value is -1.04. The zero-order valence-corrected chi connectivity index (χ0v) is 11.2. The van der Waals surface area contributed by atoms with E-state index >= 15 is 0 Å². The minimum absolute atomic E-state index is 0.294. The quantitative estimate of drug-likeness (QED) is 0.637. The summed E-state index contributed by atoms with van der Waals surface area (Å²) in [5, 5.41) is 20.3. The first-order chi connectivity index (χ1) is 8.92. The number of aromatic amines is 1. The third-order valence-corrected chi connectivity index (χ3v) is 3.82. The fraction of sp³-hybridized carbons (Fsp3) is 0.462. The van der Waals surface area contributed by atoms with Crippen LogP contribution in [0.3, 0.4) is 0 Å². The summed E-state index contributed by atoms with van der Waals surface area (Å²) in [6, 6.07) is 6.24. The Kier molecular flexibility index (Phi) is 5.51. The molecule has 0 aliphatic carbocycles. The van der Waals surface area contributed by atoms with Crippen molar-refractivity contribution in [2.45, 2.75) is 13.0 Å². The van der Waals surface area contributed by atoms with Crippen LogP contribution in [-0.2, 0) is 6.54 Å². The Morgan fingerprint density at radius 3 is 3.17 bits per heavy atom. The second kappa shape index (κ2) is 7.41. The van der Waals surface area contributed by atoms with E-state index in [2.05, 4.69) is 33.7 Å². The molecule has 0 bridgehead atoms. The second-order valence-corrected chi connectivity index (χ2v) is 5.34. The predicted molar refractivity (Wildman–Crippen MR) is 76.8 cm³/mol. The maximum atomic E-state index is 8.66. The SMILES string of the molecule is OCCCSCCNCc1cccc2cn[nH]c12. The molecule has 18 heavy (non-hydrogen) atoms. The van der Waals surface area contributed by atoms with Gasteiger partial charge in [-0.05, 0) is 17.7 Å². The fourth-order valence-corrected chi connectivity index (χ4v) is 2.64. The topological polar surface area (TPSA) is 60.9 Å². The van der Waals surface area contributed by atoms with Gasteiger partial charge in [-0.1, -0.05) is 18.2 Å². The molecule has 0 spiro atoms. The van der Waals surface area contributed by atoms with Crippen LogP contribution in [0.2, 0.25) is 0 Å². The average molecular weight is 265 g/mol. The molecule has 0 saturated carbocycles. The number of rotatable bonds is 8. The van der Waals surface area contributed by atoms with Crippen molar-refractivity contribution >= 4 is 22.7 Å². The first-order valence-corrected chi connectivity index (χ1v) is 7.37. The number of benzene rings is 1. The number of thioether (sulfide) groups is 1. The number of fused-ring (bicyclic) bond motifs is 1. The number of para-hydroxylation sites is 1. The van der Waals surface area contributed by atoms with E-state index in [0.717, 1.165) is 41.9 Å². The maximum absolute atomic E-state index is 8.66. The number of aromatic nitrogens is 2. The molecule has 98 valence electrons. The molecule has 0 fully saturated rings. The van der Waals surface area contributed by atoms with Gasteiger partial charge in [0.25, 0.3) is 0 Å². The molecule has 0 aliphatic heterocycles. The Balaban J connectivity index is 1.72. The van der Waals surface area contributed by atoms with Crippen LogP contribution in [0.1, 0.15) is 12.0 Å². The molecular formula is C13H19N3OS. The van der Waals surface area contributed by atoms with Crippen LogP contribution in [0.15, 0.2) is 24.4 Å². The highest BCUT2D eigenvalue weighted by atomic mass is 32.2. The monoisotopic (exact) mass is 265 g/mol. The van der Waals surface area contributed by atoms with Crippen LogP contribution in [0.4, 0.5) is 0 Å². The lowest BCUT2D eigenvalue weighted by Gasteiger charge is -2.05. The van der Waals surface area contributed by atoms with Crippen LogP contribution >= 0.6 is 11.8 Å². The van der Waals surface area contributed by atoms with Crippen molar-refractivity contribution in [3.63, 3.8) is 0 Å². The molecule has 0 aliphatic rings. The van der Waals surface area contributed by atoms with Crippen molar-refractivity contribution < 1.29 is 5.11 Å². The summed E-state index contributed by atoms with van der Waals surface area (Å²) < 4.78 is 0. The fourth-order valence-electron chi connectivity index (χ4n) is 1.81. The van der Waals surface area contributed by atoms with Gasteiger partial charge >= 0.3 is 0 Å². The van der Waals surface area contributed by atoms with Crippen LogP contribution in [0, 0.1) is 0 Å². The molecule has 3 N–H and O–H groups in total. The van der Waals surface area contributed by atoms with Crippen LogP contribution in [-0.4, -0.2) is 40.0 Å². The van der Waals surface area contributed by atoms with Gasteiger partial charge < -0.3 is 10.4 Å². The van der Waals surface area contributed by atoms with Crippen LogP contribution in [0.25, 0.3) is 10.9 Å². The molecule has 0 amide bonds. The molecule has 1 aromatic carbocycles. The van der Waals surface area contributed by atoms with Gasteiger partial charge in [0.1, 0.15) is 0 Å². The third kappa shape index (κ3) is 3.73. The first kappa shape index (κ1) is 13.4. The molecular weight excluding hydrogens is 246 g/mol. The van der Waals surface area contributed by atoms with E-state index in [4.69, 9.17) is 5.11 Å². The largest absolute Gasteiger partial charge is 0.396 e. The van der Waals surface area contributed by atoms with E-state index in [9.17, 15) is 0 Å². The lowest BCUT2D eigenvalue weighted by molar-refractivity contribution is 0.296. The van der Waals surface area contributed by atoms with Crippen molar-refractivity contribution in [2.75, 3.05) is 24.7 Å². The van der Waals surface area contributed by atoms with Crippen molar-refractivity contribution in [1.82, 2.24) is 15.5 Å². The Morgan fingerprint density at radius 1 is 1.33 bits per heavy atom. The summed E-state index contributed by atoms with van der Waals surface area (Å²) >= 11 is 1.88. The van der Waals surface area contributed by atoms with Crippen LogP contribution in [0.5, 0.6) is 0 Å². The Labute approximate surface area is 111 Å². The van der Waals surface area contributed by atoms with E-state index in [1.807, 2.05) is 18.0 Å². The molecule has 0 atom stereocenters. The normalized spacial score (nSPS) is 11.2. The number of aliphatic hydroxyl groups excluding tert-OH is 1. The van der Waals surface area contributed by atoms with Gasteiger partial charge in [-0.25, -0.2) is 0 Å². The summed E-state index contributed by atoms with van der Waals surface area (Å²) in [6.45, 7) is 2.14.